The Morgan fingerprint density at radius 1 is 1.28 bits per heavy atom. The number of carbonyl (C=O) groups is 1. The predicted octanol–water partition coefficient (Wildman–Crippen LogP) is 3.75. The van der Waals surface area contributed by atoms with E-state index in [1.807, 2.05) is 36.4 Å². The van der Waals surface area contributed by atoms with Gasteiger partial charge in [-0.05, 0) is 29.8 Å². The summed E-state index contributed by atoms with van der Waals surface area (Å²) in [4.78, 5) is 11.7. The molecule has 0 aliphatic heterocycles. The van der Waals surface area contributed by atoms with Crippen LogP contribution in [0.1, 0.15) is 17.7 Å². The van der Waals surface area contributed by atoms with E-state index in [4.69, 9.17) is 4.42 Å². The number of nitrogens with one attached hydrogen (secondary N) is 1. The smallest absolute Gasteiger partial charge is 0.224 e. The highest BCUT2D eigenvalue weighted by atomic mass is 79.9. The van der Waals surface area contributed by atoms with Crippen LogP contribution in [0.15, 0.2) is 47.1 Å². The van der Waals surface area contributed by atoms with Gasteiger partial charge in [0.2, 0.25) is 5.91 Å². The van der Waals surface area contributed by atoms with Gasteiger partial charge in [-0.25, -0.2) is 0 Å². The van der Waals surface area contributed by atoms with Gasteiger partial charge in [0.15, 0.2) is 0 Å². The molecule has 0 unspecified atom stereocenters. The van der Waals surface area contributed by atoms with Crippen LogP contribution in [0.25, 0.3) is 0 Å². The van der Waals surface area contributed by atoms with Crippen molar-refractivity contribution >= 4 is 27.5 Å². The molecule has 2 rings (SSSR count). The highest BCUT2D eigenvalue weighted by Gasteiger charge is 2.04. The Morgan fingerprint density at radius 3 is 2.89 bits per heavy atom. The van der Waals surface area contributed by atoms with Crippen LogP contribution in [0.3, 0.4) is 0 Å². The van der Waals surface area contributed by atoms with Crippen molar-refractivity contribution in [2.75, 3.05) is 5.32 Å². The number of amides is 1. The minimum Gasteiger partial charge on any atom is -0.469 e. The van der Waals surface area contributed by atoms with Gasteiger partial charge in [-0.1, -0.05) is 28.1 Å². The number of hydrogen-bond acceptors (Lipinski definition) is 2. The van der Waals surface area contributed by atoms with Gasteiger partial charge < -0.3 is 9.73 Å². The lowest BCUT2D eigenvalue weighted by Gasteiger charge is -2.05. The maximum absolute atomic E-state index is 11.7. The molecule has 1 heterocycles. The lowest BCUT2D eigenvalue weighted by molar-refractivity contribution is -0.116. The van der Waals surface area contributed by atoms with E-state index in [0.29, 0.717) is 12.8 Å². The number of rotatable bonds is 5. The van der Waals surface area contributed by atoms with Gasteiger partial charge in [0, 0.05) is 23.9 Å². The summed E-state index contributed by atoms with van der Waals surface area (Å²) in [6, 6.07) is 11.5. The van der Waals surface area contributed by atoms with Crippen LogP contribution < -0.4 is 5.32 Å². The zero-order valence-corrected chi connectivity index (χ0v) is 11.4. The SMILES string of the molecule is O=C(CCc1ccco1)Nc1cccc(CBr)c1. The van der Waals surface area contributed by atoms with Crippen molar-refractivity contribution in [3.8, 4) is 0 Å². The van der Waals surface area contributed by atoms with Crippen LogP contribution in [0, 0.1) is 0 Å². The van der Waals surface area contributed by atoms with Crippen LogP contribution >= 0.6 is 15.9 Å². The average molecular weight is 308 g/mol. The van der Waals surface area contributed by atoms with E-state index >= 15 is 0 Å². The van der Waals surface area contributed by atoms with E-state index in [1.165, 1.54) is 0 Å². The first-order valence-corrected chi connectivity index (χ1v) is 6.87. The van der Waals surface area contributed by atoms with Crippen LogP contribution in [0.4, 0.5) is 5.69 Å². The minimum atomic E-state index is -0.00174. The van der Waals surface area contributed by atoms with Crippen LogP contribution in [-0.4, -0.2) is 5.91 Å². The van der Waals surface area contributed by atoms with Crippen molar-refractivity contribution in [3.63, 3.8) is 0 Å². The van der Waals surface area contributed by atoms with E-state index < -0.39 is 0 Å². The summed E-state index contributed by atoms with van der Waals surface area (Å²) in [5.74, 6) is 0.831. The molecule has 0 saturated heterocycles. The third-order valence-electron chi connectivity index (χ3n) is 2.54. The summed E-state index contributed by atoms with van der Waals surface area (Å²) in [5.41, 5.74) is 1.97. The van der Waals surface area contributed by atoms with Gasteiger partial charge in [0.25, 0.3) is 0 Å². The molecule has 18 heavy (non-hydrogen) atoms. The van der Waals surface area contributed by atoms with E-state index in [2.05, 4.69) is 21.2 Å². The summed E-state index contributed by atoms with van der Waals surface area (Å²) >= 11 is 3.39. The van der Waals surface area contributed by atoms with Crippen molar-refractivity contribution in [1.82, 2.24) is 0 Å². The van der Waals surface area contributed by atoms with Crippen molar-refractivity contribution in [2.45, 2.75) is 18.2 Å². The van der Waals surface area contributed by atoms with Gasteiger partial charge in [0.1, 0.15) is 5.76 Å². The Hall–Kier alpha value is -1.55. The summed E-state index contributed by atoms with van der Waals surface area (Å²) in [5, 5.41) is 3.66. The third kappa shape index (κ3) is 3.74. The van der Waals surface area contributed by atoms with Gasteiger partial charge >= 0.3 is 0 Å². The van der Waals surface area contributed by atoms with Gasteiger partial charge in [-0.2, -0.15) is 0 Å². The van der Waals surface area contributed by atoms with Crippen LogP contribution in [-0.2, 0) is 16.5 Å². The second kappa shape index (κ2) is 6.40. The fourth-order valence-corrected chi connectivity index (χ4v) is 2.00. The second-order valence-corrected chi connectivity index (χ2v) is 4.52. The largest absolute Gasteiger partial charge is 0.469 e. The summed E-state index contributed by atoms with van der Waals surface area (Å²) < 4.78 is 5.18. The highest BCUT2D eigenvalue weighted by Crippen LogP contribution is 2.14. The van der Waals surface area contributed by atoms with E-state index in [9.17, 15) is 4.79 Å². The zero-order valence-electron chi connectivity index (χ0n) is 9.86. The monoisotopic (exact) mass is 307 g/mol. The fourth-order valence-electron chi connectivity index (χ4n) is 1.65. The number of halogens is 1. The third-order valence-corrected chi connectivity index (χ3v) is 3.19. The average Bonchev–Trinajstić information content (AvgIpc) is 2.90. The molecule has 0 aliphatic rings. The maximum atomic E-state index is 11.7. The number of benzene rings is 1. The standard InChI is InChI=1S/C14H14BrNO2/c15-10-11-3-1-4-12(9-11)16-14(17)7-6-13-5-2-8-18-13/h1-5,8-9H,6-7,10H2,(H,16,17). The molecule has 1 aromatic heterocycles. The number of aryl methyl sites for hydroxylation is 1. The normalized spacial score (nSPS) is 10.3. The lowest BCUT2D eigenvalue weighted by Crippen LogP contribution is -2.12. The van der Waals surface area contributed by atoms with Gasteiger partial charge in [-0.3, -0.25) is 4.79 Å². The molecule has 3 nitrogen and oxygen atoms in total. The molecule has 4 heteroatoms. The van der Waals surface area contributed by atoms with E-state index in [0.717, 1.165) is 22.3 Å². The molecular weight excluding hydrogens is 294 g/mol. The van der Waals surface area contributed by atoms with Gasteiger partial charge in [0.05, 0.1) is 6.26 Å². The molecule has 0 atom stereocenters. The second-order valence-electron chi connectivity index (χ2n) is 3.96. The minimum absolute atomic E-state index is 0.00174. The molecular formula is C14H14BrNO2. The molecule has 1 N–H and O–H groups in total. The number of hydrogen-bond donors (Lipinski definition) is 1. The molecule has 0 saturated carbocycles. The van der Waals surface area contributed by atoms with Crippen LogP contribution in [0.2, 0.25) is 0 Å². The first kappa shape index (κ1) is 12.9. The van der Waals surface area contributed by atoms with E-state index in [-0.39, 0.29) is 5.91 Å². The number of anilines is 1. The number of carbonyl (C=O) groups excluding carboxylic acids is 1. The van der Waals surface area contributed by atoms with Crippen molar-refractivity contribution in [3.05, 3.63) is 54.0 Å². The Morgan fingerprint density at radius 2 is 2.17 bits per heavy atom. The van der Waals surface area contributed by atoms with Crippen molar-refractivity contribution < 1.29 is 9.21 Å². The topological polar surface area (TPSA) is 42.2 Å². The van der Waals surface area contributed by atoms with Crippen molar-refractivity contribution in [2.24, 2.45) is 0 Å². The van der Waals surface area contributed by atoms with E-state index in [1.54, 1.807) is 6.26 Å². The first-order valence-electron chi connectivity index (χ1n) is 5.75. The molecule has 0 bridgehead atoms. The predicted molar refractivity (Wildman–Crippen MR) is 74.7 cm³/mol. The maximum Gasteiger partial charge on any atom is 0.224 e. The molecule has 94 valence electrons. The quantitative estimate of drug-likeness (QED) is 0.855. The Bertz CT molecular complexity index is 508. The molecule has 0 aliphatic carbocycles. The highest BCUT2D eigenvalue weighted by molar-refractivity contribution is 9.08. The molecule has 2 aromatic rings. The Balaban J connectivity index is 1.86. The summed E-state index contributed by atoms with van der Waals surface area (Å²) in [6.45, 7) is 0. The summed E-state index contributed by atoms with van der Waals surface area (Å²) in [7, 11) is 0. The Kier molecular flexibility index (Phi) is 4.59. The number of alkyl halides is 1. The fraction of sp³-hybridized carbons (Fsp3) is 0.214. The summed E-state index contributed by atoms with van der Waals surface area (Å²) in [6.07, 6.45) is 2.66. The zero-order chi connectivity index (χ0) is 12.8. The Labute approximate surface area is 114 Å². The molecule has 1 amide bonds. The molecule has 1 aromatic carbocycles. The molecule has 0 radical (unpaired) electrons. The number of furan rings is 1. The van der Waals surface area contributed by atoms with Crippen molar-refractivity contribution in [1.29, 1.82) is 0 Å². The van der Waals surface area contributed by atoms with Crippen LogP contribution in [0.5, 0.6) is 0 Å². The first-order chi connectivity index (χ1) is 8.78. The molecule has 0 fully saturated rings. The lowest BCUT2D eigenvalue weighted by atomic mass is 10.2. The molecule has 0 spiro atoms. The van der Waals surface area contributed by atoms with Gasteiger partial charge in [-0.15, -0.1) is 0 Å².